The van der Waals surface area contributed by atoms with Crippen LogP contribution >= 0.6 is 0 Å². The van der Waals surface area contributed by atoms with Crippen LogP contribution in [0.15, 0.2) is 36.5 Å². The number of aromatic nitrogens is 1. The number of benzene rings is 1. The number of carbonyl (C=O) groups is 1. The number of aryl methyl sites for hydroxylation is 2. The van der Waals surface area contributed by atoms with Gasteiger partial charge >= 0.3 is 5.97 Å². The Bertz CT molecular complexity index is 574. The first-order chi connectivity index (χ1) is 10.6. The molecular formula is C19H27NO2. The summed E-state index contributed by atoms with van der Waals surface area (Å²) in [5.74, 6) is -0.327. The van der Waals surface area contributed by atoms with Gasteiger partial charge in [-0.05, 0) is 49.2 Å². The summed E-state index contributed by atoms with van der Waals surface area (Å²) in [6.45, 7) is 11.9. The zero-order chi connectivity index (χ0) is 17.1. The standard InChI is InChI=1S/C15H15NO2.2C2H6/c1-10-4-5-14(16-9-10)12-6-11(2)7-13(8-12)15(17)18-3;2*1-2/h4-9H,1-3H3;2*1-2H3. The number of ether oxygens (including phenoxy) is 1. The van der Waals surface area contributed by atoms with Crippen LogP contribution in [-0.2, 0) is 4.74 Å². The fourth-order valence-corrected chi connectivity index (χ4v) is 1.81. The molecule has 0 bridgehead atoms. The molecule has 1 aromatic carbocycles. The maximum atomic E-state index is 11.6. The van der Waals surface area contributed by atoms with Crippen molar-refractivity contribution in [1.29, 1.82) is 0 Å². The molecule has 0 atom stereocenters. The zero-order valence-electron chi connectivity index (χ0n) is 14.7. The lowest BCUT2D eigenvalue weighted by Gasteiger charge is -2.06. The summed E-state index contributed by atoms with van der Waals surface area (Å²) in [7, 11) is 1.38. The van der Waals surface area contributed by atoms with Crippen LogP contribution in [0.5, 0.6) is 0 Å². The molecule has 1 aromatic heterocycles. The number of hydrogen-bond donors (Lipinski definition) is 0. The van der Waals surface area contributed by atoms with E-state index in [-0.39, 0.29) is 5.97 Å². The molecule has 0 saturated heterocycles. The van der Waals surface area contributed by atoms with E-state index in [0.29, 0.717) is 5.56 Å². The number of rotatable bonds is 2. The Morgan fingerprint density at radius 1 is 0.955 bits per heavy atom. The second-order valence-corrected chi connectivity index (χ2v) is 4.30. The van der Waals surface area contributed by atoms with Crippen LogP contribution in [0.1, 0.15) is 49.2 Å². The zero-order valence-corrected chi connectivity index (χ0v) is 14.7. The minimum atomic E-state index is -0.327. The van der Waals surface area contributed by atoms with Gasteiger partial charge in [0.25, 0.3) is 0 Å². The lowest BCUT2D eigenvalue weighted by atomic mass is 10.0. The van der Waals surface area contributed by atoms with Crippen molar-refractivity contribution in [2.45, 2.75) is 41.5 Å². The van der Waals surface area contributed by atoms with E-state index in [1.165, 1.54) is 7.11 Å². The van der Waals surface area contributed by atoms with Crippen molar-refractivity contribution in [2.24, 2.45) is 0 Å². The number of nitrogens with zero attached hydrogens (tertiary/aromatic N) is 1. The van der Waals surface area contributed by atoms with Gasteiger partial charge in [-0.25, -0.2) is 4.79 Å². The van der Waals surface area contributed by atoms with Gasteiger partial charge in [0, 0.05) is 11.8 Å². The van der Waals surface area contributed by atoms with E-state index >= 15 is 0 Å². The smallest absolute Gasteiger partial charge is 0.337 e. The van der Waals surface area contributed by atoms with E-state index in [2.05, 4.69) is 4.98 Å². The number of pyridine rings is 1. The van der Waals surface area contributed by atoms with Gasteiger partial charge in [-0.15, -0.1) is 0 Å². The van der Waals surface area contributed by atoms with Crippen molar-refractivity contribution in [1.82, 2.24) is 4.98 Å². The van der Waals surface area contributed by atoms with Crippen LogP contribution in [0.25, 0.3) is 11.3 Å². The summed E-state index contributed by atoms with van der Waals surface area (Å²) in [6, 6.07) is 9.57. The van der Waals surface area contributed by atoms with Crippen LogP contribution in [0.2, 0.25) is 0 Å². The first-order valence-corrected chi connectivity index (χ1v) is 7.73. The Morgan fingerprint density at radius 2 is 1.59 bits per heavy atom. The predicted octanol–water partition coefficient (Wildman–Crippen LogP) is 5.20. The number of methoxy groups -OCH3 is 1. The van der Waals surface area contributed by atoms with Gasteiger partial charge in [0.2, 0.25) is 0 Å². The normalized spacial score (nSPS) is 8.86. The molecule has 2 aromatic rings. The molecule has 0 amide bonds. The van der Waals surface area contributed by atoms with E-state index in [1.807, 2.05) is 72.0 Å². The van der Waals surface area contributed by atoms with Crippen molar-refractivity contribution < 1.29 is 9.53 Å². The Balaban J connectivity index is 0.00000102. The molecule has 0 N–H and O–H groups in total. The van der Waals surface area contributed by atoms with E-state index in [0.717, 1.165) is 22.4 Å². The third kappa shape index (κ3) is 5.68. The molecular weight excluding hydrogens is 274 g/mol. The molecule has 0 spiro atoms. The first-order valence-electron chi connectivity index (χ1n) is 7.73. The molecule has 0 saturated carbocycles. The molecule has 2 rings (SSSR count). The van der Waals surface area contributed by atoms with Gasteiger partial charge in [-0.2, -0.15) is 0 Å². The summed E-state index contributed by atoms with van der Waals surface area (Å²) in [5.41, 5.74) is 4.45. The van der Waals surface area contributed by atoms with Crippen molar-refractivity contribution >= 4 is 5.97 Å². The van der Waals surface area contributed by atoms with Crippen molar-refractivity contribution in [3.05, 3.63) is 53.2 Å². The van der Waals surface area contributed by atoms with E-state index in [4.69, 9.17) is 4.74 Å². The quantitative estimate of drug-likeness (QED) is 0.715. The van der Waals surface area contributed by atoms with Crippen LogP contribution in [0.4, 0.5) is 0 Å². The molecule has 0 unspecified atom stereocenters. The van der Waals surface area contributed by atoms with Crippen molar-refractivity contribution in [2.75, 3.05) is 7.11 Å². The SMILES string of the molecule is CC.CC.COC(=O)c1cc(C)cc(-c2ccc(C)cn2)c1. The fourth-order valence-electron chi connectivity index (χ4n) is 1.81. The lowest BCUT2D eigenvalue weighted by Crippen LogP contribution is -2.02. The average Bonchev–Trinajstić information content (AvgIpc) is 2.58. The maximum Gasteiger partial charge on any atom is 0.337 e. The Labute approximate surface area is 134 Å². The highest BCUT2D eigenvalue weighted by molar-refractivity contribution is 5.91. The van der Waals surface area contributed by atoms with Gasteiger partial charge in [0.1, 0.15) is 0 Å². The second kappa shape index (κ2) is 10.6. The van der Waals surface area contributed by atoms with Gasteiger partial charge in [0.15, 0.2) is 0 Å². The highest BCUT2D eigenvalue weighted by atomic mass is 16.5. The minimum absolute atomic E-state index is 0.327. The Hall–Kier alpha value is -2.16. The van der Waals surface area contributed by atoms with Crippen LogP contribution in [0, 0.1) is 13.8 Å². The summed E-state index contributed by atoms with van der Waals surface area (Å²) < 4.78 is 4.74. The van der Waals surface area contributed by atoms with Crippen molar-refractivity contribution in [3.63, 3.8) is 0 Å². The topological polar surface area (TPSA) is 39.2 Å². The number of carbonyl (C=O) groups excluding carboxylic acids is 1. The highest BCUT2D eigenvalue weighted by Gasteiger charge is 2.09. The highest BCUT2D eigenvalue weighted by Crippen LogP contribution is 2.21. The summed E-state index contributed by atoms with van der Waals surface area (Å²) in [4.78, 5) is 15.9. The Kier molecular flexibility index (Phi) is 9.51. The van der Waals surface area contributed by atoms with E-state index in [9.17, 15) is 4.79 Å². The lowest BCUT2D eigenvalue weighted by molar-refractivity contribution is 0.0600. The molecule has 0 fully saturated rings. The Morgan fingerprint density at radius 3 is 2.09 bits per heavy atom. The predicted molar refractivity (Wildman–Crippen MR) is 93.2 cm³/mol. The third-order valence-corrected chi connectivity index (χ3v) is 2.71. The van der Waals surface area contributed by atoms with Gasteiger partial charge in [0.05, 0.1) is 18.4 Å². The van der Waals surface area contributed by atoms with E-state index in [1.54, 1.807) is 6.07 Å². The molecule has 0 aliphatic heterocycles. The van der Waals surface area contributed by atoms with Gasteiger partial charge in [-0.3, -0.25) is 4.98 Å². The molecule has 1 heterocycles. The molecule has 120 valence electrons. The molecule has 3 nitrogen and oxygen atoms in total. The van der Waals surface area contributed by atoms with Crippen LogP contribution in [-0.4, -0.2) is 18.1 Å². The van der Waals surface area contributed by atoms with Crippen molar-refractivity contribution in [3.8, 4) is 11.3 Å². The maximum absolute atomic E-state index is 11.6. The van der Waals surface area contributed by atoms with E-state index < -0.39 is 0 Å². The van der Waals surface area contributed by atoms with Crippen LogP contribution in [0.3, 0.4) is 0 Å². The molecule has 22 heavy (non-hydrogen) atoms. The summed E-state index contributed by atoms with van der Waals surface area (Å²) in [5, 5.41) is 0. The van der Waals surface area contributed by atoms with Crippen LogP contribution < -0.4 is 0 Å². The molecule has 0 radical (unpaired) electrons. The average molecular weight is 301 g/mol. The molecule has 0 aliphatic rings. The fraction of sp³-hybridized carbons (Fsp3) is 0.368. The third-order valence-electron chi connectivity index (χ3n) is 2.71. The number of hydrogen-bond acceptors (Lipinski definition) is 3. The monoisotopic (exact) mass is 301 g/mol. The second-order valence-electron chi connectivity index (χ2n) is 4.30. The van der Waals surface area contributed by atoms with Gasteiger partial charge in [-0.1, -0.05) is 33.8 Å². The minimum Gasteiger partial charge on any atom is -0.465 e. The molecule has 3 heteroatoms. The van der Waals surface area contributed by atoms with Gasteiger partial charge < -0.3 is 4.74 Å². The summed E-state index contributed by atoms with van der Waals surface area (Å²) in [6.07, 6.45) is 1.81. The molecule has 0 aliphatic carbocycles. The first kappa shape index (κ1) is 19.8. The number of esters is 1. The largest absolute Gasteiger partial charge is 0.465 e. The summed E-state index contributed by atoms with van der Waals surface area (Å²) >= 11 is 0.